The Morgan fingerprint density at radius 3 is 2.38 bits per heavy atom. The first-order chi connectivity index (χ1) is 6.38. The molecule has 1 aliphatic heterocycles. The van der Waals surface area contributed by atoms with Crippen molar-refractivity contribution in [3.05, 3.63) is 40.3 Å². The summed E-state index contributed by atoms with van der Waals surface area (Å²) in [6.07, 6.45) is 0. The minimum Gasteiger partial charge on any atom is -0.123 e. The van der Waals surface area contributed by atoms with E-state index >= 15 is 0 Å². The highest BCUT2D eigenvalue weighted by atomic mass is 35.5. The monoisotopic (exact) mass is 228 g/mol. The summed E-state index contributed by atoms with van der Waals surface area (Å²) in [6.45, 7) is 0. The predicted molar refractivity (Wildman–Crippen MR) is 64.1 cm³/mol. The molecule has 2 rings (SSSR count). The van der Waals surface area contributed by atoms with E-state index in [4.69, 9.17) is 11.6 Å². The van der Waals surface area contributed by atoms with E-state index in [9.17, 15) is 0 Å². The number of thioether (sulfide) groups is 2. The molecule has 3 heteroatoms. The average molecular weight is 229 g/mol. The molecule has 0 unspecified atom stereocenters. The Kier molecular flexibility index (Phi) is 3.25. The fourth-order valence-electron chi connectivity index (χ4n) is 1.18. The molecular weight excluding hydrogens is 220 g/mol. The lowest BCUT2D eigenvalue weighted by molar-refractivity contribution is 1.55. The van der Waals surface area contributed by atoms with E-state index in [-0.39, 0.29) is 0 Å². The van der Waals surface area contributed by atoms with Crippen LogP contribution in [0.5, 0.6) is 0 Å². The Morgan fingerprint density at radius 2 is 1.69 bits per heavy atom. The predicted octanol–water partition coefficient (Wildman–Crippen LogP) is 4.03. The molecule has 0 aliphatic carbocycles. The Labute approximate surface area is 91.7 Å². The van der Waals surface area contributed by atoms with Crippen LogP contribution in [0.25, 0.3) is 4.91 Å². The van der Waals surface area contributed by atoms with Gasteiger partial charge in [0.05, 0.1) is 4.36 Å². The summed E-state index contributed by atoms with van der Waals surface area (Å²) in [7, 11) is 0. The Morgan fingerprint density at radius 1 is 1.00 bits per heavy atom. The number of hydrogen-bond acceptors (Lipinski definition) is 2. The minimum absolute atomic E-state index is 0.947. The molecule has 0 radical (unpaired) electrons. The van der Waals surface area contributed by atoms with Crippen LogP contribution in [0, 0.1) is 0 Å². The van der Waals surface area contributed by atoms with Gasteiger partial charge in [-0.1, -0.05) is 41.9 Å². The lowest BCUT2D eigenvalue weighted by atomic mass is 10.2. The zero-order valence-electron chi connectivity index (χ0n) is 7.00. The van der Waals surface area contributed by atoms with Crippen LogP contribution >= 0.6 is 35.1 Å². The van der Waals surface area contributed by atoms with Gasteiger partial charge in [0.25, 0.3) is 0 Å². The lowest BCUT2D eigenvalue weighted by Gasteiger charge is -2.14. The molecule has 0 amide bonds. The molecular formula is C10H9ClS2. The van der Waals surface area contributed by atoms with E-state index in [0.29, 0.717) is 0 Å². The van der Waals surface area contributed by atoms with E-state index < -0.39 is 0 Å². The molecule has 0 saturated carbocycles. The zero-order chi connectivity index (χ0) is 9.10. The van der Waals surface area contributed by atoms with Crippen LogP contribution in [-0.2, 0) is 0 Å². The summed E-state index contributed by atoms with van der Waals surface area (Å²) in [5, 5.41) is 0. The van der Waals surface area contributed by atoms with Crippen LogP contribution in [0.15, 0.2) is 34.7 Å². The highest BCUT2D eigenvalue weighted by Gasteiger charge is 2.13. The molecule has 1 aromatic carbocycles. The molecule has 0 nitrogen and oxygen atoms in total. The van der Waals surface area contributed by atoms with Gasteiger partial charge in [0.2, 0.25) is 0 Å². The van der Waals surface area contributed by atoms with Crippen molar-refractivity contribution >= 4 is 40.0 Å². The van der Waals surface area contributed by atoms with E-state index in [1.807, 2.05) is 30.0 Å². The second-order valence-electron chi connectivity index (χ2n) is 2.67. The lowest BCUT2D eigenvalue weighted by Crippen LogP contribution is -1.93. The van der Waals surface area contributed by atoms with Crippen molar-refractivity contribution in [2.45, 2.75) is 0 Å². The largest absolute Gasteiger partial charge is 0.123 e. The summed E-state index contributed by atoms with van der Waals surface area (Å²) >= 11 is 9.74. The van der Waals surface area contributed by atoms with Crippen molar-refractivity contribution in [1.29, 1.82) is 0 Å². The Hall–Kier alpha value is -0.0500. The van der Waals surface area contributed by atoms with E-state index in [2.05, 4.69) is 12.1 Å². The van der Waals surface area contributed by atoms with Crippen LogP contribution in [-0.4, -0.2) is 11.5 Å². The van der Waals surface area contributed by atoms with E-state index in [0.717, 1.165) is 15.9 Å². The molecule has 0 fully saturated rings. The summed E-state index contributed by atoms with van der Waals surface area (Å²) in [6, 6.07) is 10.3. The van der Waals surface area contributed by atoms with Crippen molar-refractivity contribution in [3.8, 4) is 0 Å². The first-order valence-corrected chi connectivity index (χ1v) is 6.43. The fraction of sp³-hybridized carbons (Fsp3) is 0.200. The second-order valence-corrected chi connectivity index (χ2v) is 5.48. The third-order valence-electron chi connectivity index (χ3n) is 1.77. The van der Waals surface area contributed by atoms with Crippen LogP contribution in [0.3, 0.4) is 0 Å². The van der Waals surface area contributed by atoms with Gasteiger partial charge in [0.15, 0.2) is 0 Å². The number of benzene rings is 1. The fourth-order valence-corrected chi connectivity index (χ4v) is 3.76. The van der Waals surface area contributed by atoms with E-state index in [1.54, 1.807) is 11.8 Å². The van der Waals surface area contributed by atoms with Crippen LogP contribution in [0.1, 0.15) is 5.56 Å². The van der Waals surface area contributed by atoms with Crippen LogP contribution in [0.2, 0.25) is 0 Å². The molecule has 0 spiro atoms. The molecule has 0 bridgehead atoms. The maximum atomic E-state index is 6.14. The summed E-state index contributed by atoms with van der Waals surface area (Å²) in [4.78, 5) is 1.23. The molecule has 1 aliphatic rings. The van der Waals surface area contributed by atoms with Gasteiger partial charge in [0, 0.05) is 16.4 Å². The van der Waals surface area contributed by atoms with Gasteiger partial charge >= 0.3 is 0 Å². The molecule has 0 saturated heterocycles. The van der Waals surface area contributed by atoms with Crippen molar-refractivity contribution in [1.82, 2.24) is 0 Å². The van der Waals surface area contributed by atoms with Gasteiger partial charge in [-0.15, -0.1) is 23.5 Å². The van der Waals surface area contributed by atoms with Gasteiger partial charge in [-0.2, -0.15) is 0 Å². The molecule has 0 aromatic heterocycles. The van der Waals surface area contributed by atoms with Gasteiger partial charge < -0.3 is 0 Å². The molecule has 0 N–H and O–H groups in total. The van der Waals surface area contributed by atoms with E-state index in [1.165, 1.54) is 10.5 Å². The normalized spacial score (nSPS) is 17.6. The van der Waals surface area contributed by atoms with Crippen molar-refractivity contribution in [3.63, 3.8) is 0 Å². The van der Waals surface area contributed by atoms with Gasteiger partial charge in [-0.05, 0) is 5.56 Å². The third kappa shape index (κ3) is 2.25. The second kappa shape index (κ2) is 4.45. The highest BCUT2D eigenvalue weighted by molar-refractivity contribution is 8.14. The Balaban J connectivity index is 2.35. The standard InChI is InChI=1S/C10H9ClS2/c11-10-9(12-6-7-13-10)8-4-2-1-3-5-8/h1-5H,6-7H2. The third-order valence-corrected chi connectivity index (χ3v) is 4.79. The topological polar surface area (TPSA) is 0 Å². The van der Waals surface area contributed by atoms with Crippen molar-refractivity contribution < 1.29 is 0 Å². The summed E-state index contributed by atoms with van der Waals surface area (Å²) in [5.74, 6) is 2.28. The molecule has 0 atom stereocenters. The van der Waals surface area contributed by atoms with Gasteiger partial charge in [-0.3, -0.25) is 0 Å². The molecule has 1 aromatic rings. The number of halogens is 1. The maximum absolute atomic E-state index is 6.14. The van der Waals surface area contributed by atoms with Crippen LogP contribution in [0.4, 0.5) is 0 Å². The van der Waals surface area contributed by atoms with Gasteiger partial charge in [0.1, 0.15) is 0 Å². The first kappa shape index (κ1) is 9.50. The zero-order valence-corrected chi connectivity index (χ0v) is 9.38. The number of hydrogen-bond donors (Lipinski definition) is 0. The molecule has 1 heterocycles. The summed E-state index contributed by atoms with van der Waals surface area (Å²) in [5.41, 5.74) is 1.24. The average Bonchev–Trinajstić information content (AvgIpc) is 2.20. The Bertz CT molecular complexity index is 319. The molecule has 13 heavy (non-hydrogen) atoms. The first-order valence-electron chi connectivity index (χ1n) is 4.09. The molecule has 68 valence electrons. The maximum Gasteiger partial charge on any atom is 0.0877 e. The highest BCUT2D eigenvalue weighted by Crippen LogP contribution is 2.42. The quantitative estimate of drug-likeness (QED) is 0.712. The van der Waals surface area contributed by atoms with Crippen molar-refractivity contribution in [2.24, 2.45) is 0 Å². The van der Waals surface area contributed by atoms with Crippen LogP contribution < -0.4 is 0 Å². The summed E-state index contributed by atoms with van der Waals surface area (Å²) < 4.78 is 0.947. The smallest absolute Gasteiger partial charge is 0.0877 e. The van der Waals surface area contributed by atoms with Gasteiger partial charge in [-0.25, -0.2) is 0 Å². The number of rotatable bonds is 1. The SMILES string of the molecule is ClC1=C(c2ccccc2)SCCS1. The minimum atomic E-state index is 0.947. The van der Waals surface area contributed by atoms with Crippen molar-refractivity contribution in [2.75, 3.05) is 11.5 Å².